The lowest BCUT2D eigenvalue weighted by molar-refractivity contribution is 0.139. The molecule has 1 amide bonds. The van der Waals surface area contributed by atoms with E-state index < -0.39 is 6.09 Å². The Hall–Kier alpha value is -2.01. The van der Waals surface area contributed by atoms with Crippen LogP contribution in [0.4, 0.5) is 4.79 Å². The van der Waals surface area contributed by atoms with Gasteiger partial charge in [0.25, 0.3) is 0 Å². The maximum absolute atomic E-state index is 11.7. The van der Waals surface area contributed by atoms with E-state index >= 15 is 0 Å². The first-order valence-corrected chi connectivity index (χ1v) is 7.24. The maximum atomic E-state index is 11.7. The third-order valence-corrected chi connectivity index (χ3v) is 3.27. The second-order valence-electron chi connectivity index (χ2n) is 4.41. The van der Waals surface area contributed by atoms with Crippen LogP contribution in [0.2, 0.25) is 0 Å². The molecule has 0 saturated carbocycles. The number of ether oxygens (including phenoxy) is 2. The molecule has 0 aromatic heterocycles. The van der Waals surface area contributed by atoms with E-state index in [4.69, 9.17) is 9.47 Å². The quantitative estimate of drug-likeness (QED) is 0.890. The Labute approximate surface area is 132 Å². The molecule has 5 heteroatoms. The summed E-state index contributed by atoms with van der Waals surface area (Å²) in [4.78, 5) is 11.7. The molecule has 0 unspecified atom stereocenters. The highest BCUT2D eigenvalue weighted by Crippen LogP contribution is 2.21. The van der Waals surface area contributed by atoms with Crippen molar-refractivity contribution in [1.29, 1.82) is 0 Å². The number of carbonyl (C=O) groups is 1. The number of rotatable bonds is 5. The van der Waals surface area contributed by atoms with Gasteiger partial charge in [0.1, 0.15) is 12.4 Å². The van der Waals surface area contributed by atoms with Crippen LogP contribution in [0, 0.1) is 0 Å². The average Bonchev–Trinajstić information content (AvgIpc) is 2.51. The summed E-state index contributed by atoms with van der Waals surface area (Å²) in [5.41, 5.74) is 1.88. The van der Waals surface area contributed by atoms with Gasteiger partial charge in [-0.1, -0.05) is 46.3 Å². The normalized spacial score (nSPS) is 10.0. The van der Waals surface area contributed by atoms with Crippen LogP contribution >= 0.6 is 15.9 Å². The number of amides is 1. The minimum atomic E-state index is -0.446. The largest absolute Gasteiger partial charge is 0.497 e. The number of hydrogen-bond donors (Lipinski definition) is 1. The number of benzene rings is 2. The van der Waals surface area contributed by atoms with Crippen LogP contribution in [-0.4, -0.2) is 13.2 Å². The SMILES string of the molecule is COc1cc(Br)cc(CNC(=O)OCc2ccccc2)c1. The third kappa shape index (κ3) is 5.11. The van der Waals surface area contributed by atoms with Gasteiger partial charge < -0.3 is 14.8 Å². The average molecular weight is 350 g/mol. The first kappa shape index (κ1) is 15.4. The third-order valence-electron chi connectivity index (χ3n) is 2.82. The van der Waals surface area contributed by atoms with Crippen molar-refractivity contribution in [3.05, 3.63) is 64.1 Å². The van der Waals surface area contributed by atoms with Gasteiger partial charge in [-0.25, -0.2) is 4.79 Å². The van der Waals surface area contributed by atoms with E-state index in [0.717, 1.165) is 21.3 Å². The van der Waals surface area contributed by atoms with Crippen LogP contribution in [0.15, 0.2) is 53.0 Å². The molecule has 0 radical (unpaired) electrons. The summed E-state index contributed by atoms with van der Waals surface area (Å²) >= 11 is 3.40. The monoisotopic (exact) mass is 349 g/mol. The van der Waals surface area contributed by atoms with Gasteiger partial charge in [0.15, 0.2) is 0 Å². The fraction of sp³-hybridized carbons (Fsp3) is 0.188. The fourth-order valence-corrected chi connectivity index (χ4v) is 2.31. The van der Waals surface area contributed by atoms with Gasteiger partial charge in [0.05, 0.1) is 7.11 Å². The van der Waals surface area contributed by atoms with Crippen molar-refractivity contribution in [2.24, 2.45) is 0 Å². The summed E-state index contributed by atoms with van der Waals surface area (Å²) in [6, 6.07) is 15.2. The van der Waals surface area contributed by atoms with Crippen LogP contribution in [0.5, 0.6) is 5.75 Å². The van der Waals surface area contributed by atoms with Crippen molar-refractivity contribution < 1.29 is 14.3 Å². The molecular weight excluding hydrogens is 334 g/mol. The molecule has 0 fully saturated rings. The molecule has 0 aliphatic heterocycles. The van der Waals surface area contributed by atoms with Crippen LogP contribution < -0.4 is 10.1 Å². The van der Waals surface area contributed by atoms with Crippen LogP contribution in [0.1, 0.15) is 11.1 Å². The van der Waals surface area contributed by atoms with E-state index in [-0.39, 0.29) is 6.61 Å². The summed E-state index contributed by atoms with van der Waals surface area (Å²) in [6.07, 6.45) is -0.446. The summed E-state index contributed by atoms with van der Waals surface area (Å²) < 4.78 is 11.2. The molecule has 1 N–H and O–H groups in total. The van der Waals surface area contributed by atoms with Crippen molar-refractivity contribution in [2.75, 3.05) is 7.11 Å². The Morgan fingerprint density at radius 2 is 1.90 bits per heavy atom. The van der Waals surface area contributed by atoms with E-state index in [1.54, 1.807) is 7.11 Å². The molecule has 0 atom stereocenters. The zero-order chi connectivity index (χ0) is 15.1. The van der Waals surface area contributed by atoms with E-state index in [1.165, 1.54) is 0 Å². The molecular formula is C16H16BrNO3. The molecule has 110 valence electrons. The minimum absolute atomic E-state index is 0.258. The Bertz CT molecular complexity index is 602. The number of methoxy groups -OCH3 is 1. The van der Waals surface area contributed by atoms with Crippen molar-refractivity contribution in [3.63, 3.8) is 0 Å². The lowest BCUT2D eigenvalue weighted by atomic mass is 10.2. The van der Waals surface area contributed by atoms with Gasteiger partial charge in [0, 0.05) is 11.0 Å². The maximum Gasteiger partial charge on any atom is 0.407 e. The number of alkyl carbamates (subject to hydrolysis) is 1. The summed E-state index contributed by atoms with van der Waals surface area (Å²) in [7, 11) is 1.60. The predicted octanol–water partition coefficient (Wildman–Crippen LogP) is 3.88. The Morgan fingerprint density at radius 1 is 1.14 bits per heavy atom. The van der Waals surface area contributed by atoms with Crippen molar-refractivity contribution in [2.45, 2.75) is 13.2 Å². The summed E-state index contributed by atoms with van der Waals surface area (Å²) in [6.45, 7) is 0.637. The lowest BCUT2D eigenvalue weighted by Gasteiger charge is -2.09. The fourth-order valence-electron chi connectivity index (χ4n) is 1.79. The molecule has 21 heavy (non-hydrogen) atoms. The van der Waals surface area contributed by atoms with E-state index in [0.29, 0.717) is 6.54 Å². The predicted molar refractivity (Wildman–Crippen MR) is 84.2 cm³/mol. The summed E-state index contributed by atoms with van der Waals surface area (Å²) in [5, 5.41) is 2.71. The molecule has 0 aliphatic rings. The molecule has 0 bridgehead atoms. The van der Waals surface area contributed by atoms with Gasteiger partial charge in [0.2, 0.25) is 0 Å². The highest BCUT2D eigenvalue weighted by Gasteiger charge is 2.04. The molecule has 4 nitrogen and oxygen atoms in total. The van der Waals surface area contributed by atoms with Crippen LogP contribution in [0.25, 0.3) is 0 Å². The molecule has 2 rings (SSSR count). The topological polar surface area (TPSA) is 47.6 Å². The smallest absolute Gasteiger partial charge is 0.407 e. The van der Waals surface area contributed by atoms with Gasteiger partial charge in [-0.05, 0) is 29.3 Å². The Kier molecular flexibility index (Phi) is 5.63. The molecule has 0 spiro atoms. The standard InChI is InChI=1S/C16H16BrNO3/c1-20-15-8-13(7-14(17)9-15)10-18-16(19)21-11-12-5-3-2-4-6-12/h2-9H,10-11H2,1H3,(H,18,19). The molecule has 2 aromatic carbocycles. The lowest BCUT2D eigenvalue weighted by Crippen LogP contribution is -2.23. The van der Waals surface area contributed by atoms with Crippen molar-refractivity contribution in [1.82, 2.24) is 5.32 Å². The highest BCUT2D eigenvalue weighted by molar-refractivity contribution is 9.10. The van der Waals surface area contributed by atoms with Gasteiger partial charge in [-0.2, -0.15) is 0 Å². The molecule has 0 saturated heterocycles. The minimum Gasteiger partial charge on any atom is -0.497 e. The first-order valence-electron chi connectivity index (χ1n) is 6.45. The zero-order valence-corrected chi connectivity index (χ0v) is 13.2. The number of halogens is 1. The highest BCUT2D eigenvalue weighted by atomic mass is 79.9. The zero-order valence-electron chi connectivity index (χ0n) is 11.6. The Morgan fingerprint density at radius 3 is 2.62 bits per heavy atom. The number of nitrogens with one attached hydrogen (secondary N) is 1. The van der Waals surface area contributed by atoms with Crippen LogP contribution in [-0.2, 0) is 17.9 Å². The van der Waals surface area contributed by atoms with E-state index in [9.17, 15) is 4.79 Å². The van der Waals surface area contributed by atoms with E-state index in [2.05, 4.69) is 21.2 Å². The second-order valence-corrected chi connectivity index (χ2v) is 5.33. The van der Waals surface area contributed by atoms with Crippen molar-refractivity contribution >= 4 is 22.0 Å². The number of hydrogen-bond acceptors (Lipinski definition) is 3. The second kappa shape index (κ2) is 7.69. The number of carbonyl (C=O) groups excluding carboxylic acids is 1. The molecule has 0 heterocycles. The van der Waals surface area contributed by atoms with E-state index in [1.807, 2.05) is 48.5 Å². The van der Waals surface area contributed by atoms with Gasteiger partial charge >= 0.3 is 6.09 Å². The molecule has 2 aromatic rings. The Balaban J connectivity index is 1.82. The first-order chi connectivity index (χ1) is 10.2. The van der Waals surface area contributed by atoms with Gasteiger partial charge in [-0.3, -0.25) is 0 Å². The summed E-state index contributed by atoms with van der Waals surface area (Å²) in [5.74, 6) is 0.735. The van der Waals surface area contributed by atoms with Gasteiger partial charge in [-0.15, -0.1) is 0 Å². The molecule has 0 aliphatic carbocycles. The van der Waals surface area contributed by atoms with Crippen LogP contribution in [0.3, 0.4) is 0 Å². The van der Waals surface area contributed by atoms with Crippen molar-refractivity contribution in [3.8, 4) is 5.75 Å².